The third-order valence-electron chi connectivity index (χ3n) is 10.1. The van der Waals surface area contributed by atoms with Crippen LogP contribution in [0.15, 0.2) is 158 Å². The lowest BCUT2D eigenvalue weighted by atomic mass is 9.92. The standard InChI is InChI=1S/C46H30N6/c47-29-30-20-23-42-37(26-30)39-28-34(33-21-24-41-38(27-33)36-18-10-11-19-40(36)51(41)35-16-8-3-9-17-35)22-25-43(39)52(42)46-49-44(31-12-4-1-5-13-31)48-45(50-46)32-14-6-2-7-15-32/h1-25,27-28,30H,26H2. The first-order valence-corrected chi connectivity index (χ1v) is 17.4. The van der Waals surface area contributed by atoms with E-state index in [0.29, 0.717) is 24.0 Å². The normalized spacial score (nSPS) is 13.8. The topological polar surface area (TPSA) is 72.3 Å². The van der Waals surface area contributed by atoms with Gasteiger partial charge in [0.2, 0.25) is 5.95 Å². The van der Waals surface area contributed by atoms with Gasteiger partial charge in [-0.1, -0.05) is 115 Å². The first-order chi connectivity index (χ1) is 25.7. The van der Waals surface area contributed by atoms with Gasteiger partial charge < -0.3 is 4.57 Å². The lowest BCUT2D eigenvalue weighted by Crippen LogP contribution is -2.10. The minimum Gasteiger partial charge on any atom is -0.309 e. The molecule has 244 valence electrons. The summed E-state index contributed by atoms with van der Waals surface area (Å²) < 4.78 is 4.47. The van der Waals surface area contributed by atoms with E-state index in [2.05, 4.69) is 112 Å². The van der Waals surface area contributed by atoms with Crippen LogP contribution in [-0.4, -0.2) is 24.1 Å². The van der Waals surface area contributed by atoms with Crippen molar-refractivity contribution in [3.63, 3.8) is 0 Å². The summed E-state index contributed by atoms with van der Waals surface area (Å²) in [5.41, 5.74) is 10.7. The summed E-state index contributed by atoms with van der Waals surface area (Å²) in [7, 11) is 0. The zero-order valence-corrected chi connectivity index (χ0v) is 28.1. The van der Waals surface area contributed by atoms with E-state index in [9.17, 15) is 5.26 Å². The van der Waals surface area contributed by atoms with Gasteiger partial charge in [0.25, 0.3) is 0 Å². The van der Waals surface area contributed by atoms with Crippen LogP contribution in [0.2, 0.25) is 0 Å². The number of aromatic nitrogens is 5. The van der Waals surface area contributed by atoms with Crippen molar-refractivity contribution >= 4 is 38.8 Å². The number of hydrogen-bond donors (Lipinski definition) is 0. The summed E-state index contributed by atoms with van der Waals surface area (Å²) in [6, 6.07) is 55.1. The molecule has 0 aliphatic heterocycles. The Morgan fingerprint density at radius 1 is 0.519 bits per heavy atom. The minimum absolute atomic E-state index is 0.214. The highest BCUT2D eigenvalue weighted by molar-refractivity contribution is 6.10. The summed E-state index contributed by atoms with van der Waals surface area (Å²) >= 11 is 0. The fraction of sp³-hybridized carbons (Fsp3) is 0.0435. The van der Waals surface area contributed by atoms with Gasteiger partial charge in [-0.2, -0.15) is 15.2 Å². The number of benzene rings is 6. The molecule has 1 aliphatic carbocycles. The predicted molar refractivity (Wildman–Crippen MR) is 209 cm³/mol. The van der Waals surface area contributed by atoms with Crippen LogP contribution in [0, 0.1) is 17.2 Å². The van der Waals surface area contributed by atoms with Crippen LogP contribution in [0.25, 0.3) is 84.3 Å². The van der Waals surface area contributed by atoms with Gasteiger partial charge in [-0.3, -0.25) is 4.57 Å². The molecular weight excluding hydrogens is 637 g/mol. The maximum atomic E-state index is 10.00. The highest BCUT2D eigenvalue weighted by atomic mass is 15.2. The zero-order valence-electron chi connectivity index (χ0n) is 28.1. The van der Waals surface area contributed by atoms with E-state index in [1.807, 2.05) is 66.7 Å². The first-order valence-electron chi connectivity index (χ1n) is 17.4. The highest BCUT2D eigenvalue weighted by Gasteiger charge is 2.25. The Balaban J connectivity index is 1.18. The third-order valence-corrected chi connectivity index (χ3v) is 10.1. The lowest BCUT2D eigenvalue weighted by Gasteiger charge is -2.14. The number of allylic oxidation sites excluding steroid dienone is 1. The smallest absolute Gasteiger partial charge is 0.238 e. The van der Waals surface area contributed by atoms with Gasteiger partial charge in [0.15, 0.2) is 11.6 Å². The molecule has 10 rings (SSSR count). The number of nitrogens with zero attached hydrogens (tertiary/aromatic N) is 6. The van der Waals surface area contributed by atoms with Crippen molar-refractivity contribution in [1.82, 2.24) is 24.1 Å². The molecule has 0 N–H and O–H groups in total. The number of para-hydroxylation sites is 2. The molecule has 6 heteroatoms. The number of nitriles is 1. The average molecular weight is 667 g/mol. The highest BCUT2D eigenvalue weighted by Crippen LogP contribution is 2.39. The van der Waals surface area contributed by atoms with Gasteiger partial charge in [0.05, 0.1) is 34.2 Å². The molecule has 0 spiro atoms. The molecule has 9 aromatic rings. The molecule has 0 fully saturated rings. The molecule has 0 saturated heterocycles. The SMILES string of the molecule is N#CC1C=Cc2c(c3cc(-c4ccc5c(c4)c4ccccc4n5-c4ccccc4)ccc3n2-c2nc(-c3ccccc3)nc(-c3ccccc3)n2)C1. The molecule has 6 aromatic carbocycles. The Bertz CT molecular complexity index is 2820. The minimum atomic E-state index is -0.214. The van der Waals surface area contributed by atoms with E-state index in [-0.39, 0.29) is 5.92 Å². The Morgan fingerprint density at radius 3 is 1.73 bits per heavy atom. The van der Waals surface area contributed by atoms with Gasteiger partial charge in [-0.05, 0) is 71.7 Å². The second-order valence-electron chi connectivity index (χ2n) is 13.2. The fourth-order valence-electron chi connectivity index (χ4n) is 7.65. The molecule has 1 aliphatic rings. The molecule has 3 aromatic heterocycles. The summed E-state index contributed by atoms with van der Waals surface area (Å²) in [4.78, 5) is 15.1. The van der Waals surface area contributed by atoms with Gasteiger partial charge in [0.1, 0.15) is 0 Å². The van der Waals surface area contributed by atoms with Crippen LogP contribution >= 0.6 is 0 Å². The maximum absolute atomic E-state index is 10.00. The summed E-state index contributed by atoms with van der Waals surface area (Å²) in [6.45, 7) is 0. The monoisotopic (exact) mass is 666 g/mol. The van der Waals surface area contributed by atoms with Crippen LogP contribution in [0.4, 0.5) is 0 Å². The van der Waals surface area contributed by atoms with Gasteiger partial charge in [-0.25, -0.2) is 4.98 Å². The van der Waals surface area contributed by atoms with Gasteiger partial charge >= 0.3 is 0 Å². The lowest BCUT2D eigenvalue weighted by molar-refractivity contribution is 0.804. The molecule has 0 amide bonds. The van der Waals surface area contributed by atoms with E-state index in [1.54, 1.807) is 0 Å². The van der Waals surface area contributed by atoms with Gasteiger partial charge in [0, 0.05) is 33.0 Å². The Hall–Kier alpha value is -7.10. The van der Waals surface area contributed by atoms with Crippen LogP contribution < -0.4 is 0 Å². The van der Waals surface area contributed by atoms with E-state index >= 15 is 0 Å². The molecule has 0 bridgehead atoms. The van der Waals surface area contributed by atoms with Gasteiger partial charge in [-0.15, -0.1) is 0 Å². The zero-order chi connectivity index (χ0) is 34.6. The second kappa shape index (κ2) is 12.0. The fourth-order valence-corrected chi connectivity index (χ4v) is 7.65. The molecule has 0 radical (unpaired) electrons. The van der Waals surface area contributed by atoms with Crippen LogP contribution in [0.5, 0.6) is 0 Å². The van der Waals surface area contributed by atoms with E-state index < -0.39 is 0 Å². The van der Waals surface area contributed by atoms with Crippen molar-refractivity contribution in [3.05, 3.63) is 169 Å². The van der Waals surface area contributed by atoms with Crippen molar-refractivity contribution < 1.29 is 0 Å². The van der Waals surface area contributed by atoms with E-state index in [4.69, 9.17) is 15.0 Å². The number of hydrogen-bond acceptors (Lipinski definition) is 4. The Morgan fingerprint density at radius 2 is 1.08 bits per heavy atom. The third kappa shape index (κ3) is 4.83. The largest absolute Gasteiger partial charge is 0.309 e. The van der Waals surface area contributed by atoms with Crippen LogP contribution in [0.1, 0.15) is 11.3 Å². The number of fused-ring (bicyclic) bond motifs is 6. The van der Waals surface area contributed by atoms with Crippen LogP contribution in [0.3, 0.4) is 0 Å². The Labute approximate surface area is 300 Å². The molecule has 1 unspecified atom stereocenters. The number of rotatable bonds is 5. The molecular formula is C46H30N6. The summed E-state index contributed by atoms with van der Waals surface area (Å²) in [5, 5.41) is 13.5. The quantitative estimate of drug-likeness (QED) is 0.183. The van der Waals surface area contributed by atoms with Crippen molar-refractivity contribution in [2.45, 2.75) is 6.42 Å². The van der Waals surface area contributed by atoms with Crippen molar-refractivity contribution in [3.8, 4) is 51.6 Å². The van der Waals surface area contributed by atoms with Crippen molar-refractivity contribution in [2.75, 3.05) is 0 Å². The summed E-state index contributed by atoms with van der Waals surface area (Å²) in [6.07, 6.45) is 4.67. The maximum Gasteiger partial charge on any atom is 0.238 e. The molecule has 3 heterocycles. The van der Waals surface area contributed by atoms with E-state index in [1.165, 1.54) is 21.8 Å². The second-order valence-corrected chi connectivity index (χ2v) is 13.2. The van der Waals surface area contributed by atoms with Crippen molar-refractivity contribution in [1.29, 1.82) is 5.26 Å². The predicted octanol–water partition coefficient (Wildman–Crippen LogP) is 10.6. The molecule has 0 saturated carbocycles. The molecule has 1 atom stereocenters. The molecule has 6 nitrogen and oxygen atoms in total. The van der Waals surface area contributed by atoms with Crippen molar-refractivity contribution in [2.24, 2.45) is 5.92 Å². The summed E-state index contributed by atoms with van der Waals surface area (Å²) in [5.74, 6) is 1.54. The Kier molecular flexibility index (Phi) is 6.90. The van der Waals surface area contributed by atoms with Crippen LogP contribution in [-0.2, 0) is 6.42 Å². The molecule has 52 heavy (non-hydrogen) atoms. The van der Waals surface area contributed by atoms with E-state index in [0.717, 1.165) is 50.1 Å². The first kappa shape index (κ1) is 29.8. The average Bonchev–Trinajstić information content (AvgIpc) is 3.73.